The number of rotatable bonds is 10. The van der Waals surface area contributed by atoms with Crippen molar-refractivity contribution >= 4 is 30.0 Å². The van der Waals surface area contributed by atoms with Gasteiger partial charge >= 0.3 is 5.97 Å². The summed E-state index contributed by atoms with van der Waals surface area (Å²) in [7, 11) is 0. The van der Waals surface area contributed by atoms with Gasteiger partial charge in [0.25, 0.3) is 0 Å². The Labute approximate surface area is 111 Å². The van der Waals surface area contributed by atoms with E-state index < -0.39 is 12.0 Å². The zero-order chi connectivity index (χ0) is 14.0. The molecule has 7 heteroatoms. The third-order valence-corrected chi connectivity index (χ3v) is 3.52. The summed E-state index contributed by atoms with van der Waals surface area (Å²) in [6, 6.07) is -0.960. The van der Waals surface area contributed by atoms with Crippen molar-refractivity contribution in [3.63, 3.8) is 0 Å². The van der Waals surface area contributed by atoms with Gasteiger partial charge in [-0.3, -0.25) is 9.59 Å². The molecule has 0 aromatic rings. The van der Waals surface area contributed by atoms with E-state index in [2.05, 4.69) is 10.6 Å². The minimum atomic E-state index is -1.10. The second-order valence-electron chi connectivity index (χ2n) is 3.80. The van der Waals surface area contributed by atoms with Gasteiger partial charge in [-0.05, 0) is 13.3 Å². The second kappa shape index (κ2) is 9.76. The SMILES string of the molecule is CCCCNC(=O)C(C)SCC(NC=O)C(=O)O. The third-order valence-electron chi connectivity index (χ3n) is 2.28. The van der Waals surface area contributed by atoms with E-state index >= 15 is 0 Å². The van der Waals surface area contributed by atoms with Gasteiger partial charge in [-0.25, -0.2) is 4.79 Å². The average Bonchev–Trinajstić information content (AvgIpc) is 2.33. The molecule has 6 nitrogen and oxygen atoms in total. The molecular formula is C11H20N2O4S. The van der Waals surface area contributed by atoms with E-state index in [0.717, 1.165) is 12.8 Å². The Morgan fingerprint density at radius 1 is 1.44 bits per heavy atom. The van der Waals surface area contributed by atoms with Crippen LogP contribution in [-0.4, -0.2) is 47.0 Å². The Morgan fingerprint density at radius 2 is 2.11 bits per heavy atom. The maximum atomic E-state index is 11.6. The fourth-order valence-corrected chi connectivity index (χ4v) is 2.08. The first-order chi connectivity index (χ1) is 8.52. The van der Waals surface area contributed by atoms with E-state index in [9.17, 15) is 14.4 Å². The third kappa shape index (κ3) is 7.16. The van der Waals surface area contributed by atoms with E-state index in [1.807, 2.05) is 6.92 Å². The molecule has 0 rings (SSSR count). The molecule has 0 radical (unpaired) electrons. The number of carboxylic acids is 1. The van der Waals surface area contributed by atoms with Gasteiger partial charge in [-0.1, -0.05) is 13.3 Å². The summed E-state index contributed by atoms with van der Waals surface area (Å²) in [5, 5.41) is 13.4. The molecule has 2 amide bonds. The van der Waals surface area contributed by atoms with Crippen LogP contribution in [0.2, 0.25) is 0 Å². The standard InChI is InChI=1S/C11H20N2O4S/c1-3-4-5-12-10(15)8(2)18-6-9(11(16)17)13-7-14/h7-9H,3-6H2,1-2H3,(H,12,15)(H,13,14)(H,16,17). The second-order valence-corrected chi connectivity index (χ2v) is 5.17. The van der Waals surface area contributed by atoms with Crippen LogP contribution in [0.1, 0.15) is 26.7 Å². The number of unbranched alkanes of at least 4 members (excludes halogenated alkanes) is 1. The smallest absolute Gasteiger partial charge is 0.327 e. The summed E-state index contributed by atoms with van der Waals surface area (Å²) >= 11 is 1.20. The molecular weight excluding hydrogens is 256 g/mol. The molecule has 2 unspecified atom stereocenters. The van der Waals surface area contributed by atoms with Crippen LogP contribution in [0.25, 0.3) is 0 Å². The van der Waals surface area contributed by atoms with Crippen LogP contribution in [-0.2, 0) is 14.4 Å². The largest absolute Gasteiger partial charge is 0.480 e. The molecule has 0 bridgehead atoms. The highest BCUT2D eigenvalue weighted by Crippen LogP contribution is 2.12. The number of hydrogen-bond acceptors (Lipinski definition) is 4. The lowest BCUT2D eigenvalue weighted by Crippen LogP contribution is -2.39. The van der Waals surface area contributed by atoms with Crippen molar-refractivity contribution in [1.29, 1.82) is 0 Å². The van der Waals surface area contributed by atoms with Crippen molar-refractivity contribution in [1.82, 2.24) is 10.6 Å². The van der Waals surface area contributed by atoms with E-state index in [1.54, 1.807) is 6.92 Å². The monoisotopic (exact) mass is 276 g/mol. The molecule has 0 aliphatic heterocycles. The predicted molar refractivity (Wildman–Crippen MR) is 70.5 cm³/mol. The Morgan fingerprint density at radius 3 is 2.61 bits per heavy atom. The summed E-state index contributed by atoms with van der Waals surface area (Å²) < 4.78 is 0. The molecule has 0 fully saturated rings. The van der Waals surface area contributed by atoms with E-state index in [4.69, 9.17) is 5.11 Å². The fourth-order valence-electron chi connectivity index (χ4n) is 1.12. The number of amides is 2. The van der Waals surface area contributed by atoms with Crippen LogP contribution in [0.15, 0.2) is 0 Å². The van der Waals surface area contributed by atoms with E-state index in [0.29, 0.717) is 13.0 Å². The van der Waals surface area contributed by atoms with Gasteiger partial charge in [0.05, 0.1) is 5.25 Å². The summed E-state index contributed by atoms with van der Waals surface area (Å²) in [5.41, 5.74) is 0. The number of aliphatic carboxylic acids is 1. The summed E-state index contributed by atoms with van der Waals surface area (Å²) in [6.07, 6.45) is 2.28. The Kier molecular flexibility index (Phi) is 9.08. The van der Waals surface area contributed by atoms with Crippen molar-refractivity contribution in [3.05, 3.63) is 0 Å². The van der Waals surface area contributed by atoms with E-state index in [1.165, 1.54) is 11.8 Å². The van der Waals surface area contributed by atoms with Gasteiger partial charge < -0.3 is 15.7 Å². The molecule has 18 heavy (non-hydrogen) atoms. The first-order valence-corrected chi connectivity index (χ1v) is 6.89. The molecule has 0 aromatic heterocycles. The zero-order valence-corrected chi connectivity index (χ0v) is 11.5. The average molecular weight is 276 g/mol. The highest BCUT2D eigenvalue weighted by atomic mass is 32.2. The normalized spacial score (nSPS) is 13.4. The first-order valence-electron chi connectivity index (χ1n) is 5.84. The summed E-state index contributed by atoms with van der Waals surface area (Å²) in [5.74, 6) is -1.05. The lowest BCUT2D eigenvalue weighted by molar-refractivity contribution is -0.139. The Hall–Kier alpha value is -1.24. The van der Waals surface area contributed by atoms with Crippen LogP contribution >= 0.6 is 11.8 Å². The minimum absolute atomic E-state index is 0.108. The first kappa shape index (κ1) is 16.8. The Balaban J connectivity index is 3.98. The van der Waals surface area contributed by atoms with Gasteiger partial charge in [0.1, 0.15) is 6.04 Å². The number of thioether (sulfide) groups is 1. The maximum Gasteiger partial charge on any atom is 0.327 e. The highest BCUT2D eigenvalue weighted by molar-refractivity contribution is 8.00. The molecule has 0 spiro atoms. The number of carbonyl (C=O) groups excluding carboxylic acids is 2. The van der Waals surface area contributed by atoms with Gasteiger partial charge in [0.15, 0.2) is 0 Å². The van der Waals surface area contributed by atoms with Crippen molar-refractivity contribution < 1.29 is 19.5 Å². The molecule has 104 valence electrons. The van der Waals surface area contributed by atoms with Crippen molar-refractivity contribution in [2.24, 2.45) is 0 Å². The molecule has 2 atom stereocenters. The molecule has 0 aromatic carbocycles. The lowest BCUT2D eigenvalue weighted by atomic mass is 10.3. The molecule has 0 heterocycles. The number of carbonyl (C=O) groups is 3. The molecule has 3 N–H and O–H groups in total. The quantitative estimate of drug-likeness (QED) is 0.392. The molecule has 0 saturated heterocycles. The summed E-state index contributed by atoms with van der Waals surface area (Å²) in [4.78, 5) is 32.5. The van der Waals surface area contributed by atoms with Crippen LogP contribution in [0, 0.1) is 0 Å². The van der Waals surface area contributed by atoms with Crippen LogP contribution in [0.4, 0.5) is 0 Å². The maximum absolute atomic E-state index is 11.6. The summed E-state index contributed by atoms with van der Waals surface area (Å²) in [6.45, 7) is 4.38. The fraction of sp³-hybridized carbons (Fsp3) is 0.727. The topological polar surface area (TPSA) is 95.5 Å². The zero-order valence-electron chi connectivity index (χ0n) is 10.6. The highest BCUT2D eigenvalue weighted by Gasteiger charge is 2.20. The van der Waals surface area contributed by atoms with Gasteiger partial charge in [-0.2, -0.15) is 0 Å². The van der Waals surface area contributed by atoms with Crippen molar-refractivity contribution in [3.8, 4) is 0 Å². The van der Waals surface area contributed by atoms with Gasteiger partial charge in [0, 0.05) is 12.3 Å². The van der Waals surface area contributed by atoms with Crippen LogP contribution in [0.5, 0.6) is 0 Å². The lowest BCUT2D eigenvalue weighted by Gasteiger charge is -2.15. The van der Waals surface area contributed by atoms with Crippen molar-refractivity contribution in [2.45, 2.75) is 38.0 Å². The minimum Gasteiger partial charge on any atom is -0.480 e. The van der Waals surface area contributed by atoms with E-state index in [-0.39, 0.29) is 16.9 Å². The van der Waals surface area contributed by atoms with Gasteiger partial charge in [0.2, 0.25) is 12.3 Å². The number of hydrogen-bond donors (Lipinski definition) is 3. The number of carboxylic acid groups (broad SMARTS) is 1. The molecule has 0 saturated carbocycles. The molecule has 0 aliphatic rings. The van der Waals surface area contributed by atoms with Crippen molar-refractivity contribution in [2.75, 3.05) is 12.3 Å². The van der Waals surface area contributed by atoms with Crippen LogP contribution in [0.3, 0.4) is 0 Å². The predicted octanol–water partition coefficient (Wildman–Crippen LogP) is 0.224. The van der Waals surface area contributed by atoms with Gasteiger partial charge in [-0.15, -0.1) is 11.8 Å². The van der Waals surface area contributed by atoms with Crippen LogP contribution < -0.4 is 10.6 Å². The molecule has 0 aliphatic carbocycles. The number of nitrogens with one attached hydrogen (secondary N) is 2. The Bertz CT molecular complexity index is 286.